The van der Waals surface area contributed by atoms with Crippen molar-refractivity contribution in [1.82, 2.24) is 10.2 Å². The second-order valence-electron chi connectivity index (χ2n) is 6.89. The molecule has 1 aromatic rings. The number of hydrogen-bond donors (Lipinski definition) is 2. The molecule has 0 aliphatic carbocycles. The van der Waals surface area contributed by atoms with Gasteiger partial charge in [-0.3, -0.25) is 4.79 Å². The Morgan fingerprint density at radius 2 is 1.96 bits per heavy atom. The van der Waals surface area contributed by atoms with Crippen molar-refractivity contribution in [2.45, 2.75) is 53.2 Å². The molecule has 0 aromatic heterocycles. The molecule has 1 rings (SSSR count). The first-order valence-electron chi connectivity index (χ1n) is 8.66. The second kappa shape index (κ2) is 9.91. The Hall–Kier alpha value is -2.24. The van der Waals surface area contributed by atoms with E-state index in [0.717, 1.165) is 23.3 Å². The highest BCUT2D eigenvalue weighted by molar-refractivity contribution is 5.75. The van der Waals surface area contributed by atoms with E-state index in [0.29, 0.717) is 12.5 Å². The lowest BCUT2D eigenvalue weighted by Crippen LogP contribution is -2.38. The lowest BCUT2D eigenvalue weighted by molar-refractivity contribution is -0.137. The Bertz CT molecular complexity index is 587. The van der Waals surface area contributed by atoms with Gasteiger partial charge in [-0.05, 0) is 37.8 Å². The van der Waals surface area contributed by atoms with Crippen LogP contribution in [-0.4, -0.2) is 41.7 Å². The van der Waals surface area contributed by atoms with Gasteiger partial charge in [0.15, 0.2) is 0 Å². The largest absolute Gasteiger partial charge is 0.490 e. The van der Waals surface area contributed by atoms with Crippen molar-refractivity contribution < 1.29 is 19.4 Å². The average Bonchev–Trinajstić information content (AvgIpc) is 2.50. The summed E-state index contributed by atoms with van der Waals surface area (Å²) >= 11 is 0. The van der Waals surface area contributed by atoms with Crippen LogP contribution in [0.15, 0.2) is 18.2 Å². The van der Waals surface area contributed by atoms with Crippen molar-refractivity contribution >= 4 is 12.0 Å². The lowest BCUT2D eigenvalue weighted by Gasteiger charge is -2.21. The van der Waals surface area contributed by atoms with E-state index in [2.05, 4.69) is 19.2 Å². The zero-order valence-electron chi connectivity index (χ0n) is 15.8. The van der Waals surface area contributed by atoms with Crippen LogP contribution < -0.4 is 10.1 Å². The van der Waals surface area contributed by atoms with Gasteiger partial charge < -0.3 is 20.1 Å². The maximum atomic E-state index is 12.1. The van der Waals surface area contributed by atoms with E-state index in [1.54, 1.807) is 7.05 Å². The van der Waals surface area contributed by atoms with Crippen LogP contribution in [0.1, 0.15) is 44.7 Å². The zero-order valence-corrected chi connectivity index (χ0v) is 15.8. The highest BCUT2D eigenvalue weighted by Crippen LogP contribution is 2.23. The Morgan fingerprint density at radius 3 is 2.56 bits per heavy atom. The number of nitrogens with one attached hydrogen (secondary N) is 1. The Morgan fingerprint density at radius 1 is 1.28 bits per heavy atom. The van der Waals surface area contributed by atoms with Crippen molar-refractivity contribution in [2.75, 3.05) is 13.6 Å². The van der Waals surface area contributed by atoms with Crippen LogP contribution in [0.5, 0.6) is 5.75 Å². The fourth-order valence-electron chi connectivity index (χ4n) is 2.52. The van der Waals surface area contributed by atoms with Crippen LogP contribution >= 0.6 is 0 Å². The third-order valence-corrected chi connectivity index (χ3v) is 3.79. The third kappa shape index (κ3) is 7.92. The molecule has 1 aromatic carbocycles. The summed E-state index contributed by atoms with van der Waals surface area (Å²) in [6, 6.07) is 5.61. The normalized spacial score (nSPS) is 11.9. The van der Waals surface area contributed by atoms with Crippen LogP contribution in [0.4, 0.5) is 4.79 Å². The molecule has 0 fully saturated rings. The number of aryl methyl sites for hydroxylation is 1. The number of nitrogens with zero attached hydrogens (tertiary/aromatic N) is 1. The van der Waals surface area contributed by atoms with Crippen LogP contribution in [0.2, 0.25) is 0 Å². The summed E-state index contributed by atoms with van der Waals surface area (Å²) in [4.78, 5) is 24.0. The highest BCUT2D eigenvalue weighted by Gasteiger charge is 2.13. The number of aliphatic carboxylic acids is 1. The molecule has 0 saturated heterocycles. The summed E-state index contributed by atoms with van der Waals surface area (Å²) in [5, 5.41) is 11.5. The van der Waals surface area contributed by atoms with Crippen molar-refractivity contribution in [2.24, 2.45) is 5.92 Å². The van der Waals surface area contributed by atoms with Gasteiger partial charge in [0.1, 0.15) is 5.75 Å². The topological polar surface area (TPSA) is 78.9 Å². The molecule has 2 amide bonds. The molecule has 0 aliphatic heterocycles. The van der Waals surface area contributed by atoms with Gasteiger partial charge in [0.05, 0.1) is 12.5 Å². The van der Waals surface area contributed by atoms with E-state index >= 15 is 0 Å². The van der Waals surface area contributed by atoms with Crippen LogP contribution in [0.25, 0.3) is 0 Å². The van der Waals surface area contributed by atoms with E-state index in [4.69, 9.17) is 9.84 Å². The maximum absolute atomic E-state index is 12.1. The number of carboxylic acids is 1. The predicted molar refractivity (Wildman–Crippen MR) is 97.8 cm³/mol. The highest BCUT2D eigenvalue weighted by atomic mass is 16.5. The molecule has 6 heteroatoms. The summed E-state index contributed by atoms with van der Waals surface area (Å²) in [5.41, 5.74) is 2.00. The minimum absolute atomic E-state index is 0.0739. The van der Waals surface area contributed by atoms with Gasteiger partial charge in [-0.25, -0.2) is 4.79 Å². The van der Waals surface area contributed by atoms with E-state index < -0.39 is 5.97 Å². The number of carboxylic acid groups (broad SMARTS) is 1. The molecule has 0 saturated carbocycles. The molecule has 0 aliphatic rings. The molecule has 1 atom stereocenters. The van der Waals surface area contributed by atoms with Gasteiger partial charge >= 0.3 is 12.0 Å². The summed E-state index contributed by atoms with van der Waals surface area (Å²) < 4.78 is 6.07. The molecular formula is C19H30N2O4. The van der Waals surface area contributed by atoms with Gasteiger partial charge in [-0.1, -0.05) is 26.0 Å². The number of carbonyl (C=O) groups excluding carboxylic acids is 1. The van der Waals surface area contributed by atoms with Crippen LogP contribution in [0.3, 0.4) is 0 Å². The minimum atomic E-state index is -0.923. The number of carbonyl (C=O) groups is 2. The first-order chi connectivity index (χ1) is 11.7. The smallest absolute Gasteiger partial charge is 0.317 e. The summed E-state index contributed by atoms with van der Waals surface area (Å²) in [7, 11) is 1.58. The number of benzene rings is 1. The standard InChI is InChI=1S/C19H30N2O4/c1-13(2)10-15(4)25-17-11-14(3)6-7-16(17)12-20-19(24)21(5)9-8-18(22)23/h6-7,11,13,15H,8-10,12H2,1-5H3,(H,20,24)(H,22,23). The SMILES string of the molecule is Cc1ccc(CNC(=O)N(C)CCC(=O)O)c(OC(C)CC(C)C)c1. The predicted octanol–water partition coefficient (Wildman–Crippen LogP) is 3.42. The quantitative estimate of drug-likeness (QED) is 0.715. The number of amides is 2. The van der Waals surface area contributed by atoms with E-state index in [9.17, 15) is 9.59 Å². The Labute approximate surface area is 150 Å². The molecular weight excluding hydrogens is 320 g/mol. The third-order valence-electron chi connectivity index (χ3n) is 3.79. The molecule has 2 N–H and O–H groups in total. The fraction of sp³-hybridized carbons (Fsp3) is 0.579. The summed E-state index contributed by atoms with van der Waals surface area (Å²) in [5.74, 6) is 0.403. The van der Waals surface area contributed by atoms with Crippen molar-refractivity contribution in [1.29, 1.82) is 0 Å². The average molecular weight is 350 g/mol. The minimum Gasteiger partial charge on any atom is -0.490 e. The molecule has 25 heavy (non-hydrogen) atoms. The molecule has 0 bridgehead atoms. The monoisotopic (exact) mass is 350 g/mol. The summed E-state index contributed by atoms with van der Waals surface area (Å²) in [6.07, 6.45) is 0.974. The molecule has 0 spiro atoms. The number of ether oxygens (including phenoxy) is 1. The first-order valence-corrected chi connectivity index (χ1v) is 8.66. The molecule has 0 heterocycles. The zero-order chi connectivity index (χ0) is 19.0. The van der Waals surface area contributed by atoms with E-state index in [1.807, 2.05) is 32.0 Å². The Kier molecular flexibility index (Phi) is 8.25. The number of urea groups is 1. The summed E-state index contributed by atoms with van der Waals surface area (Å²) in [6.45, 7) is 8.87. The van der Waals surface area contributed by atoms with Gasteiger partial charge in [0.25, 0.3) is 0 Å². The van der Waals surface area contributed by atoms with Crippen LogP contribution in [-0.2, 0) is 11.3 Å². The Balaban J connectivity index is 2.68. The maximum Gasteiger partial charge on any atom is 0.317 e. The van der Waals surface area contributed by atoms with Gasteiger partial charge in [0, 0.05) is 25.7 Å². The van der Waals surface area contributed by atoms with Crippen LogP contribution in [0, 0.1) is 12.8 Å². The van der Waals surface area contributed by atoms with Gasteiger partial charge in [-0.2, -0.15) is 0 Å². The van der Waals surface area contributed by atoms with Gasteiger partial charge in [0.2, 0.25) is 0 Å². The van der Waals surface area contributed by atoms with E-state index in [1.165, 1.54) is 4.90 Å². The van der Waals surface area contributed by atoms with Crippen molar-refractivity contribution in [3.8, 4) is 5.75 Å². The molecule has 140 valence electrons. The fourth-order valence-corrected chi connectivity index (χ4v) is 2.52. The first kappa shape index (κ1) is 20.8. The second-order valence-corrected chi connectivity index (χ2v) is 6.89. The number of hydrogen-bond acceptors (Lipinski definition) is 3. The van der Waals surface area contributed by atoms with Gasteiger partial charge in [-0.15, -0.1) is 0 Å². The van der Waals surface area contributed by atoms with Crippen molar-refractivity contribution in [3.05, 3.63) is 29.3 Å². The molecule has 0 radical (unpaired) electrons. The van der Waals surface area contributed by atoms with E-state index in [-0.39, 0.29) is 25.1 Å². The molecule has 6 nitrogen and oxygen atoms in total. The van der Waals surface area contributed by atoms with Crippen molar-refractivity contribution in [3.63, 3.8) is 0 Å². The molecule has 1 unspecified atom stereocenters. The number of rotatable bonds is 9. The lowest BCUT2D eigenvalue weighted by atomic mass is 10.1.